The summed E-state index contributed by atoms with van der Waals surface area (Å²) in [4.78, 5) is 14.8. The predicted octanol–water partition coefficient (Wildman–Crippen LogP) is 0.567. The van der Waals surface area contributed by atoms with Crippen LogP contribution in [0.4, 0.5) is 0 Å². The Balaban J connectivity index is 2.23. The molecule has 1 aromatic rings. The zero-order valence-electron chi connectivity index (χ0n) is 9.69. The van der Waals surface area contributed by atoms with E-state index in [2.05, 4.69) is 4.98 Å². The summed E-state index contributed by atoms with van der Waals surface area (Å²) in [6, 6.07) is 3.01. The summed E-state index contributed by atoms with van der Waals surface area (Å²) in [5, 5.41) is 8.96. The van der Waals surface area contributed by atoms with Crippen molar-refractivity contribution in [2.24, 2.45) is 5.92 Å². The zero-order valence-corrected chi connectivity index (χ0v) is 10.5. The first-order valence-electron chi connectivity index (χ1n) is 5.65. The minimum atomic E-state index is -3.62. The van der Waals surface area contributed by atoms with Gasteiger partial charge in [0.15, 0.2) is 0 Å². The van der Waals surface area contributed by atoms with Crippen LogP contribution in [0.5, 0.6) is 0 Å². The third-order valence-electron chi connectivity index (χ3n) is 3.01. The number of pyridine rings is 1. The van der Waals surface area contributed by atoms with Gasteiger partial charge in [-0.15, -0.1) is 0 Å². The van der Waals surface area contributed by atoms with Crippen molar-refractivity contribution in [1.29, 1.82) is 0 Å². The molecule has 2 heterocycles. The van der Waals surface area contributed by atoms with E-state index in [0.29, 0.717) is 19.4 Å². The second-order valence-electron chi connectivity index (χ2n) is 4.23. The van der Waals surface area contributed by atoms with E-state index in [1.165, 1.54) is 22.8 Å². The van der Waals surface area contributed by atoms with Gasteiger partial charge in [0.05, 0.1) is 5.92 Å². The summed E-state index contributed by atoms with van der Waals surface area (Å²) in [5.74, 6) is -1.56. The molecule has 0 aliphatic carbocycles. The molecule has 0 aromatic carbocycles. The van der Waals surface area contributed by atoms with Crippen molar-refractivity contribution >= 4 is 16.0 Å². The number of hydrogen-bond donors (Lipinski definition) is 1. The highest BCUT2D eigenvalue weighted by molar-refractivity contribution is 7.89. The van der Waals surface area contributed by atoms with Crippen LogP contribution in [-0.2, 0) is 14.8 Å². The summed E-state index contributed by atoms with van der Waals surface area (Å²) in [6.45, 7) is 0.396. The van der Waals surface area contributed by atoms with Gasteiger partial charge in [0.1, 0.15) is 4.90 Å². The molecule has 6 nitrogen and oxygen atoms in total. The first-order valence-corrected chi connectivity index (χ1v) is 7.09. The fourth-order valence-corrected chi connectivity index (χ4v) is 3.50. The lowest BCUT2D eigenvalue weighted by Crippen LogP contribution is -2.42. The van der Waals surface area contributed by atoms with Crippen molar-refractivity contribution in [3.8, 4) is 0 Å². The monoisotopic (exact) mass is 270 g/mol. The number of aromatic nitrogens is 1. The Morgan fingerprint density at radius 2 is 2.28 bits per heavy atom. The Labute approximate surface area is 105 Å². The molecule has 1 aromatic heterocycles. The topological polar surface area (TPSA) is 87.6 Å². The van der Waals surface area contributed by atoms with Crippen LogP contribution in [0.3, 0.4) is 0 Å². The number of hydrogen-bond acceptors (Lipinski definition) is 4. The molecule has 0 saturated carbocycles. The van der Waals surface area contributed by atoms with Gasteiger partial charge >= 0.3 is 5.97 Å². The minimum Gasteiger partial charge on any atom is -0.481 e. The maximum Gasteiger partial charge on any atom is 0.307 e. The van der Waals surface area contributed by atoms with Crippen LogP contribution >= 0.6 is 0 Å². The largest absolute Gasteiger partial charge is 0.481 e. The number of carboxylic acids is 1. The number of sulfonamides is 1. The second kappa shape index (κ2) is 5.03. The Kier molecular flexibility index (Phi) is 3.63. The van der Waals surface area contributed by atoms with Crippen molar-refractivity contribution in [2.45, 2.75) is 17.7 Å². The van der Waals surface area contributed by atoms with E-state index >= 15 is 0 Å². The highest BCUT2D eigenvalue weighted by Gasteiger charge is 2.33. The predicted molar refractivity (Wildman–Crippen MR) is 63.4 cm³/mol. The average molecular weight is 270 g/mol. The fraction of sp³-hybridized carbons (Fsp3) is 0.455. The van der Waals surface area contributed by atoms with Gasteiger partial charge in [0, 0.05) is 25.5 Å². The number of aliphatic carboxylic acids is 1. The van der Waals surface area contributed by atoms with Crippen molar-refractivity contribution < 1.29 is 18.3 Å². The molecule has 0 amide bonds. The first kappa shape index (κ1) is 13.0. The molecule has 1 saturated heterocycles. The smallest absolute Gasteiger partial charge is 0.307 e. The molecule has 1 N–H and O–H groups in total. The lowest BCUT2D eigenvalue weighted by molar-refractivity contribution is -0.142. The van der Waals surface area contributed by atoms with Gasteiger partial charge in [-0.05, 0) is 25.0 Å². The van der Waals surface area contributed by atoms with Crippen molar-refractivity contribution in [3.05, 3.63) is 24.5 Å². The van der Waals surface area contributed by atoms with Gasteiger partial charge < -0.3 is 5.11 Å². The molecule has 0 spiro atoms. The highest BCUT2D eigenvalue weighted by atomic mass is 32.2. The molecule has 0 radical (unpaired) electrons. The molecular formula is C11H14N2O4S. The van der Waals surface area contributed by atoms with E-state index in [1.807, 2.05) is 0 Å². The molecule has 1 aliphatic heterocycles. The Morgan fingerprint density at radius 1 is 1.50 bits per heavy atom. The summed E-state index contributed by atoms with van der Waals surface area (Å²) in [6.07, 6.45) is 3.86. The van der Waals surface area contributed by atoms with E-state index in [4.69, 9.17) is 5.11 Å². The van der Waals surface area contributed by atoms with E-state index in [9.17, 15) is 13.2 Å². The molecular weight excluding hydrogens is 256 g/mol. The van der Waals surface area contributed by atoms with E-state index < -0.39 is 21.9 Å². The van der Waals surface area contributed by atoms with E-state index in [0.717, 1.165) is 0 Å². The average Bonchev–Trinajstić information content (AvgIpc) is 2.40. The molecule has 0 bridgehead atoms. The molecule has 0 unspecified atom stereocenters. The van der Waals surface area contributed by atoms with E-state index in [-0.39, 0.29) is 11.4 Å². The number of nitrogens with zero attached hydrogens (tertiary/aromatic N) is 2. The third kappa shape index (κ3) is 2.51. The van der Waals surface area contributed by atoms with Crippen LogP contribution in [0.25, 0.3) is 0 Å². The van der Waals surface area contributed by atoms with Crippen LogP contribution < -0.4 is 0 Å². The normalized spacial score (nSPS) is 21.7. The number of rotatable bonds is 3. The number of carboxylic acid groups (broad SMARTS) is 1. The summed E-state index contributed by atoms with van der Waals surface area (Å²) >= 11 is 0. The minimum absolute atomic E-state index is 0.0343. The fourth-order valence-electron chi connectivity index (χ4n) is 2.01. The standard InChI is InChI=1S/C11H14N2O4S/c14-11(15)9-3-2-6-13(8-9)18(16,17)10-4-1-5-12-7-10/h1,4-5,7,9H,2-3,6,8H2,(H,14,15)/t9-/m0/s1. The number of piperidine rings is 1. The van der Waals surface area contributed by atoms with Crippen LogP contribution in [0.1, 0.15) is 12.8 Å². The second-order valence-corrected chi connectivity index (χ2v) is 6.17. The quantitative estimate of drug-likeness (QED) is 0.867. The van der Waals surface area contributed by atoms with Gasteiger partial charge in [-0.25, -0.2) is 8.42 Å². The summed E-state index contributed by atoms with van der Waals surface area (Å²) in [7, 11) is -3.62. The SMILES string of the molecule is O=C(O)[C@H]1CCCN(S(=O)(=O)c2cccnc2)C1. The van der Waals surface area contributed by atoms with Crippen LogP contribution in [0.2, 0.25) is 0 Å². The maximum atomic E-state index is 12.2. The highest BCUT2D eigenvalue weighted by Crippen LogP contribution is 2.23. The van der Waals surface area contributed by atoms with Crippen molar-refractivity contribution in [3.63, 3.8) is 0 Å². The summed E-state index contributed by atoms with van der Waals surface area (Å²) < 4.78 is 25.7. The lowest BCUT2D eigenvalue weighted by Gasteiger charge is -2.29. The van der Waals surface area contributed by atoms with E-state index in [1.54, 1.807) is 6.07 Å². The third-order valence-corrected chi connectivity index (χ3v) is 4.85. The van der Waals surface area contributed by atoms with Gasteiger partial charge in [-0.2, -0.15) is 4.31 Å². The van der Waals surface area contributed by atoms with Gasteiger partial charge in [-0.3, -0.25) is 9.78 Å². The molecule has 2 rings (SSSR count). The zero-order chi connectivity index (χ0) is 13.2. The van der Waals surface area contributed by atoms with Crippen molar-refractivity contribution in [1.82, 2.24) is 9.29 Å². The first-order chi connectivity index (χ1) is 8.51. The molecule has 98 valence electrons. The summed E-state index contributed by atoms with van der Waals surface area (Å²) in [5.41, 5.74) is 0. The Hall–Kier alpha value is -1.47. The molecule has 1 aliphatic rings. The van der Waals surface area contributed by atoms with Crippen molar-refractivity contribution in [2.75, 3.05) is 13.1 Å². The Morgan fingerprint density at radius 3 is 2.89 bits per heavy atom. The van der Waals surface area contributed by atoms with Crippen LogP contribution in [0.15, 0.2) is 29.4 Å². The van der Waals surface area contributed by atoms with Gasteiger partial charge in [0.25, 0.3) is 0 Å². The van der Waals surface area contributed by atoms with Gasteiger partial charge in [0.2, 0.25) is 10.0 Å². The molecule has 18 heavy (non-hydrogen) atoms. The Bertz CT molecular complexity index is 529. The molecule has 7 heteroatoms. The molecule has 1 fully saturated rings. The van der Waals surface area contributed by atoms with Crippen LogP contribution in [-0.4, -0.2) is 41.9 Å². The number of carbonyl (C=O) groups is 1. The van der Waals surface area contributed by atoms with Crippen LogP contribution in [0, 0.1) is 5.92 Å². The lowest BCUT2D eigenvalue weighted by atomic mass is 10.0. The molecule has 1 atom stereocenters. The van der Waals surface area contributed by atoms with Gasteiger partial charge in [-0.1, -0.05) is 0 Å². The maximum absolute atomic E-state index is 12.2.